The summed E-state index contributed by atoms with van der Waals surface area (Å²) in [7, 11) is 0. The molecule has 0 atom stereocenters. The Morgan fingerprint density at radius 2 is 1.80 bits per heavy atom. The lowest BCUT2D eigenvalue weighted by molar-refractivity contribution is 0.251. The number of amides is 2. The second-order valence-electron chi connectivity index (χ2n) is 4.03. The number of nitrogens with one attached hydrogen (secondary N) is 2. The number of urea groups is 1. The molecule has 2 aromatic carbocycles. The van der Waals surface area contributed by atoms with E-state index in [9.17, 15) is 9.18 Å². The third kappa shape index (κ3) is 3.85. The zero-order chi connectivity index (χ0) is 14.5. The summed E-state index contributed by atoms with van der Waals surface area (Å²) in [6.45, 7) is 0.301. The highest BCUT2D eigenvalue weighted by Gasteiger charge is 2.10. The Morgan fingerprint density at radius 1 is 1.10 bits per heavy atom. The second kappa shape index (κ2) is 6.59. The molecule has 0 saturated heterocycles. The number of para-hydroxylation sites is 1. The summed E-state index contributed by atoms with van der Waals surface area (Å²) in [4.78, 5) is 11.7. The average Bonchev–Trinajstić information content (AvgIpc) is 2.42. The monoisotopic (exact) mass is 312 g/mol. The standard InChI is InChI=1S/C14H11Cl2FN2O/c15-10-6-4-9(5-7-10)8-18-14(20)19-13-11(16)2-1-3-12(13)17/h1-7H,8H2,(H2,18,19,20). The molecule has 2 N–H and O–H groups in total. The third-order valence-electron chi connectivity index (χ3n) is 2.57. The van der Waals surface area contributed by atoms with Crippen molar-refractivity contribution >= 4 is 34.9 Å². The first-order valence-corrected chi connectivity index (χ1v) is 6.55. The fraction of sp³-hybridized carbons (Fsp3) is 0.0714. The van der Waals surface area contributed by atoms with Gasteiger partial charge in [-0.3, -0.25) is 0 Å². The number of hydrogen-bond donors (Lipinski definition) is 2. The van der Waals surface area contributed by atoms with Crippen LogP contribution in [0.3, 0.4) is 0 Å². The van der Waals surface area contributed by atoms with Gasteiger partial charge in [-0.2, -0.15) is 0 Å². The van der Waals surface area contributed by atoms with E-state index in [1.165, 1.54) is 18.2 Å². The summed E-state index contributed by atoms with van der Waals surface area (Å²) in [6.07, 6.45) is 0. The number of benzene rings is 2. The van der Waals surface area contributed by atoms with Gasteiger partial charge >= 0.3 is 6.03 Å². The Bertz CT molecular complexity index is 597. The van der Waals surface area contributed by atoms with Gasteiger partial charge in [0.25, 0.3) is 0 Å². The molecule has 0 aliphatic carbocycles. The van der Waals surface area contributed by atoms with E-state index < -0.39 is 11.8 Å². The molecule has 0 spiro atoms. The molecule has 0 radical (unpaired) electrons. The highest BCUT2D eigenvalue weighted by molar-refractivity contribution is 6.33. The zero-order valence-corrected chi connectivity index (χ0v) is 11.8. The molecule has 2 rings (SSSR count). The first kappa shape index (κ1) is 14.6. The van der Waals surface area contributed by atoms with Crippen LogP contribution in [0.4, 0.5) is 14.9 Å². The topological polar surface area (TPSA) is 41.1 Å². The van der Waals surface area contributed by atoms with Crippen molar-refractivity contribution in [1.29, 1.82) is 0 Å². The normalized spacial score (nSPS) is 10.2. The number of carbonyl (C=O) groups excluding carboxylic acids is 1. The van der Waals surface area contributed by atoms with Gasteiger partial charge in [-0.1, -0.05) is 41.4 Å². The second-order valence-corrected chi connectivity index (χ2v) is 4.87. The van der Waals surface area contributed by atoms with Gasteiger partial charge in [0.15, 0.2) is 0 Å². The summed E-state index contributed by atoms with van der Waals surface area (Å²) >= 11 is 11.6. The van der Waals surface area contributed by atoms with Crippen molar-refractivity contribution in [3.8, 4) is 0 Å². The van der Waals surface area contributed by atoms with Crippen molar-refractivity contribution in [1.82, 2.24) is 5.32 Å². The molecule has 0 aliphatic heterocycles. The lowest BCUT2D eigenvalue weighted by Gasteiger charge is -2.09. The maximum Gasteiger partial charge on any atom is 0.319 e. The molecule has 0 aromatic heterocycles. The van der Waals surface area contributed by atoms with E-state index >= 15 is 0 Å². The van der Waals surface area contributed by atoms with E-state index in [1.807, 2.05) is 0 Å². The van der Waals surface area contributed by atoms with Crippen molar-refractivity contribution in [2.75, 3.05) is 5.32 Å². The van der Waals surface area contributed by atoms with Gasteiger partial charge in [0, 0.05) is 11.6 Å². The van der Waals surface area contributed by atoms with Crippen LogP contribution in [0.5, 0.6) is 0 Å². The number of anilines is 1. The molecular formula is C14H11Cl2FN2O. The molecule has 0 bridgehead atoms. The van der Waals surface area contributed by atoms with Gasteiger partial charge in [-0.05, 0) is 29.8 Å². The van der Waals surface area contributed by atoms with Crippen LogP contribution in [0.15, 0.2) is 42.5 Å². The van der Waals surface area contributed by atoms with Crippen molar-refractivity contribution in [3.63, 3.8) is 0 Å². The number of hydrogen-bond acceptors (Lipinski definition) is 1. The van der Waals surface area contributed by atoms with Crippen LogP contribution in [0.25, 0.3) is 0 Å². The van der Waals surface area contributed by atoms with Gasteiger partial charge in [0.05, 0.1) is 10.7 Å². The molecule has 0 unspecified atom stereocenters. The SMILES string of the molecule is O=C(NCc1ccc(Cl)cc1)Nc1c(F)cccc1Cl. The Balaban J connectivity index is 1.94. The predicted molar refractivity (Wildman–Crippen MR) is 78.7 cm³/mol. The maximum atomic E-state index is 13.5. The van der Waals surface area contributed by atoms with Crippen LogP contribution >= 0.6 is 23.2 Å². The Morgan fingerprint density at radius 3 is 2.45 bits per heavy atom. The molecule has 20 heavy (non-hydrogen) atoms. The van der Waals surface area contributed by atoms with Crippen LogP contribution in [-0.2, 0) is 6.54 Å². The summed E-state index contributed by atoms with van der Waals surface area (Å²) in [5, 5.41) is 5.75. The molecule has 0 aliphatic rings. The van der Waals surface area contributed by atoms with Crippen molar-refractivity contribution in [3.05, 3.63) is 63.9 Å². The van der Waals surface area contributed by atoms with Crippen LogP contribution < -0.4 is 10.6 Å². The minimum atomic E-state index is -0.584. The van der Waals surface area contributed by atoms with E-state index in [2.05, 4.69) is 10.6 Å². The zero-order valence-electron chi connectivity index (χ0n) is 10.3. The largest absolute Gasteiger partial charge is 0.334 e. The fourth-order valence-corrected chi connectivity index (χ4v) is 1.90. The quantitative estimate of drug-likeness (QED) is 0.863. The lowest BCUT2D eigenvalue weighted by Crippen LogP contribution is -2.28. The van der Waals surface area contributed by atoms with Crippen molar-refractivity contribution in [2.24, 2.45) is 0 Å². The molecular weight excluding hydrogens is 302 g/mol. The highest BCUT2D eigenvalue weighted by atomic mass is 35.5. The van der Waals surface area contributed by atoms with Crippen LogP contribution in [0.2, 0.25) is 10.0 Å². The summed E-state index contributed by atoms with van der Waals surface area (Å²) in [6, 6.07) is 10.7. The maximum absolute atomic E-state index is 13.5. The molecule has 0 fully saturated rings. The first-order valence-electron chi connectivity index (χ1n) is 5.79. The number of halogens is 3. The van der Waals surface area contributed by atoms with E-state index in [1.54, 1.807) is 24.3 Å². The van der Waals surface area contributed by atoms with E-state index in [-0.39, 0.29) is 10.7 Å². The summed E-state index contributed by atoms with van der Waals surface area (Å²) in [5.41, 5.74) is 0.840. The van der Waals surface area contributed by atoms with Gasteiger partial charge in [0.2, 0.25) is 0 Å². The van der Waals surface area contributed by atoms with Gasteiger partial charge < -0.3 is 10.6 Å². The highest BCUT2D eigenvalue weighted by Crippen LogP contribution is 2.24. The smallest absolute Gasteiger partial charge is 0.319 e. The van der Waals surface area contributed by atoms with Gasteiger partial charge in [0.1, 0.15) is 5.82 Å². The minimum Gasteiger partial charge on any atom is -0.334 e. The van der Waals surface area contributed by atoms with E-state index in [4.69, 9.17) is 23.2 Å². The van der Waals surface area contributed by atoms with Crippen molar-refractivity contribution in [2.45, 2.75) is 6.54 Å². The van der Waals surface area contributed by atoms with Gasteiger partial charge in [-0.25, -0.2) is 9.18 Å². The number of carbonyl (C=O) groups is 1. The Labute approximate surface area is 125 Å². The van der Waals surface area contributed by atoms with E-state index in [0.717, 1.165) is 5.56 Å². The molecule has 3 nitrogen and oxygen atoms in total. The molecule has 6 heteroatoms. The van der Waals surface area contributed by atoms with Crippen LogP contribution in [0, 0.1) is 5.82 Å². The number of rotatable bonds is 3. The van der Waals surface area contributed by atoms with Crippen molar-refractivity contribution < 1.29 is 9.18 Å². The van der Waals surface area contributed by atoms with Crippen LogP contribution in [0.1, 0.15) is 5.56 Å². The average molecular weight is 313 g/mol. The van der Waals surface area contributed by atoms with Gasteiger partial charge in [-0.15, -0.1) is 0 Å². The summed E-state index contributed by atoms with van der Waals surface area (Å²) in [5.74, 6) is -0.584. The fourth-order valence-electron chi connectivity index (χ4n) is 1.56. The molecule has 0 saturated carbocycles. The third-order valence-corrected chi connectivity index (χ3v) is 3.13. The molecule has 2 amide bonds. The molecule has 104 valence electrons. The Kier molecular flexibility index (Phi) is 4.82. The minimum absolute atomic E-state index is 0.0391. The molecule has 0 heterocycles. The first-order chi connectivity index (χ1) is 9.56. The Hall–Kier alpha value is -1.78. The van der Waals surface area contributed by atoms with Crippen LogP contribution in [-0.4, -0.2) is 6.03 Å². The van der Waals surface area contributed by atoms with E-state index in [0.29, 0.717) is 11.6 Å². The summed E-state index contributed by atoms with van der Waals surface area (Å²) < 4.78 is 13.5. The predicted octanol–water partition coefficient (Wildman–Crippen LogP) is 4.45. The lowest BCUT2D eigenvalue weighted by atomic mass is 10.2. The molecule has 2 aromatic rings.